The number of hydrogen-bond donors (Lipinski definition) is 2. The summed E-state index contributed by atoms with van der Waals surface area (Å²) in [6.07, 6.45) is 1.62. The lowest BCUT2D eigenvalue weighted by Gasteiger charge is -2.33. The molecule has 6 heteroatoms. The standard InChI is InChI=1S/C11H17N5O/c1-15-4-6-16(7-5-15)10-3-2-9(8-13-10)14-11(12)17/h2-3,8H,4-7H2,1H3,(H3,12,14,17). The van der Waals surface area contributed by atoms with Gasteiger partial charge in [0.15, 0.2) is 0 Å². The number of hydrogen-bond acceptors (Lipinski definition) is 4. The van der Waals surface area contributed by atoms with Gasteiger partial charge in [-0.2, -0.15) is 0 Å². The Labute approximate surface area is 100 Å². The molecule has 2 amide bonds. The molecule has 1 fully saturated rings. The van der Waals surface area contributed by atoms with Crippen LogP contribution in [-0.2, 0) is 0 Å². The minimum absolute atomic E-state index is 0.570. The highest BCUT2D eigenvalue weighted by Crippen LogP contribution is 2.15. The topological polar surface area (TPSA) is 74.5 Å². The largest absolute Gasteiger partial charge is 0.354 e. The number of piperazine rings is 1. The van der Waals surface area contributed by atoms with Crippen molar-refractivity contribution < 1.29 is 4.79 Å². The molecule has 92 valence electrons. The first-order valence-electron chi connectivity index (χ1n) is 5.61. The minimum atomic E-state index is -0.570. The first kappa shape index (κ1) is 11.7. The third-order valence-corrected chi connectivity index (χ3v) is 2.84. The second-order valence-corrected chi connectivity index (χ2v) is 4.18. The molecular weight excluding hydrogens is 218 g/mol. The Morgan fingerprint density at radius 3 is 2.59 bits per heavy atom. The number of anilines is 2. The maximum Gasteiger partial charge on any atom is 0.316 e. The summed E-state index contributed by atoms with van der Waals surface area (Å²) in [6.45, 7) is 4.05. The molecule has 0 radical (unpaired) electrons. The van der Waals surface area contributed by atoms with Gasteiger partial charge in [0.25, 0.3) is 0 Å². The molecule has 3 N–H and O–H groups in total. The van der Waals surface area contributed by atoms with Gasteiger partial charge in [-0.1, -0.05) is 0 Å². The number of carbonyl (C=O) groups is 1. The molecule has 6 nitrogen and oxygen atoms in total. The average molecular weight is 235 g/mol. The number of urea groups is 1. The van der Waals surface area contributed by atoms with Crippen molar-refractivity contribution in [1.29, 1.82) is 0 Å². The van der Waals surface area contributed by atoms with Crippen LogP contribution < -0.4 is 16.0 Å². The lowest BCUT2D eigenvalue weighted by molar-refractivity contribution is 0.259. The minimum Gasteiger partial charge on any atom is -0.354 e. The summed E-state index contributed by atoms with van der Waals surface area (Å²) in [4.78, 5) is 19.5. The van der Waals surface area contributed by atoms with Crippen LogP contribution in [0.15, 0.2) is 18.3 Å². The van der Waals surface area contributed by atoms with Gasteiger partial charge in [-0.25, -0.2) is 9.78 Å². The maximum atomic E-state index is 10.7. The Morgan fingerprint density at radius 1 is 1.35 bits per heavy atom. The summed E-state index contributed by atoms with van der Waals surface area (Å²) in [5.41, 5.74) is 5.65. The first-order chi connectivity index (χ1) is 8.15. The SMILES string of the molecule is CN1CCN(c2ccc(NC(N)=O)cn2)CC1. The van der Waals surface area contributed by atoms with Crippen molar-refractivity contribution in [2.75, 3.05) is 43.4 Å². The van der Waals surface area contributed by atoms with Gasteiger partial charge in [0.05, 0.1) is 11.9 Å². The number of primary amides is 1. The molecule has 17 heavy (non-hydrogen) atoms. The van der Waals surface area contributed by atoms with E-state index in [2.05, 4.69) is 27.1 Å². The molecule has 0 atom stereocenters. The monoisotopic (exact) mass is 235 g/mol. The van der Waals surface area contributed by atoms with E-state index in [9.17, 15) is 4.79 Å². The van der Waals surface area contributed by atoms with Crippen molar-refractivity contribution in [3.63, 3.8) is 0 Å². The van der Waals surface area contributed by atoms with Gasteiger partial charge < -0.3 is 20.9 Å². The number of aromatic nitrogens is 1. The van der Waals surface area contributed by atoms with Crippen LogP contribution in [-0.4, -0.2) is 49.1 Å². The first-order valence-corrected chi connectivity index (χ1v) is 5.61. The van der Waals surface area contributed by atoms with Gasteiger partial charge >= 0.3 is 6.03 Å². The quantitative estimate of drug-likeness (QED) is 0.774. The third kappa shape index (κ3) is 3.07. The van der Waals surface area contributed by atoms with E-state index in [-0.39, 0.29) is 0 Å². The highest BCUT2D eigenvalue weighted by atomic mass is 16.2. The molecule has 0 aliphatic carbocycles. The summed E-state index contributed by atoms with van der Waals surface area (Å²) < 4.78 is 0. The van der Waals surface area contributed by atoms with Crippen LogP contribution in [0.3, 0.4) is 0 Å². The third-order valence-electron chi connectivity index (χ3n) is 2.84. The molecule has 1 aromatic heterocycles. The summed E-state index contributed by atoms with van der Waals surface area (Å²) >= 11 is 0. The molecule has 1 aliphatic heterocycles. The van der Waals surface area contributed by atoms with E-state index in [1.807, 2.05) is 12.1 Å². The molecule has 0 bridgehead atoms. The molecule has 0 saturated carbocycles. The van der Waals surface area contributed by atoms with Gasteiger partial charge in [-0.15, -0.1) is 0 Å². The van der Waals surface area contributed by atoms with Crippen LogP contribution in [0.5, 0.6) is 0 Å². The Balaban J connectivity index is 2.00. The Bertz CT molecular complexity index is 383. The van der Waals surface area contributed by atoms with E-state index in [0.29, 0.717) is 5.69 Å². The van der Waals surface area contributed by atoms with E-state index >= 15 is 0 Å². The van der Waals surface area contributed by atoms with Crippen molar-refractivity contribution in [1.82, 2.24) is 9.88 Å². The van der Waals surface area contributed by atoms with E-state index in [1.165, 1.54) is 0 Å². The molecule has 2 rings (SSSR count). The molecule has 1 saturated heterocycles. The lowest BCUT2D eigenvalue weighted by Crippen LogP contribution is -2.44. The molecule has 0 spiro atoms. The Kier molecular flexibility index (Phi) is 3.43. The van der Waals surface area contributed by atoms with Gasteiger partial charge in [-0.05, 0) is 19.2 Å². The number of carbonyl (C=O) groups excluding carboxylic acids is 1. The highest BCUT2D eigenvalue weighted by Gasteiger charge is 2.14. The predicted octanol–water partition coefficient (Wildman–Crippen LogP) is 0.324. The van der Waals surface area contributed by atoms with E-state index < -0.39 is 6.03 Å². The Morgan fingerprint density at radius 2 is 2.06 bits per heavy atom. The van der Waals surface area contributed by atoms with Crippen molar-refractivity contribution in [3.05, 3.63) is 18.3 Å². The van der Waals surface area contributed by atoms with Crippen LogP contribution in [0.1, 0.15) is 0 Å². The van der Waals surface area contributed by atoms with Crippen molar-refractivity contribution >= 4 is 17.5 Å². The van der Waals surface area contributed by atoms with Crippen LogP contribution in [0.4, 0.5) is 16.3 Å². The van der Waals surface area contributed by atoms with Crippen LogP contribution in [0.2, 0.25) is 0 Å². The van der Waals surface area contributed by atoms with Gasteiger partial charge in [-0.3, -0.25) is 0 Å². The van der Waals surface area contributed by atoms with Crippen LogP contribution in [0.25, 0.3) is 0 Å². The number of nitrogens with one attached hydrogen (secondary N) is 1. The van der Waals surface area contributed by atoms with E-state index in [4.69, 9.17) is 5.73 Å². The van der Waals surface area contributed by atoms with Crippen molar-refractivity contribution in [2.45, 2.75) is 0 Å². The molecule has 2 heterocycles. The fraction of sp³-hybridized carbons (Fsp3) is 0.455. The summed E-state index contributed by atoms with van der Waals surface area (Å²) in [5, 5.41) is 2.49. The highest BCUT2D eigenvalue weighted by molar-refractivity contribution is 5.87. The number of nitrogens with zero attached hydrogens (tertiary/aromatic N) is 3. The fourth-order valence-corrected chi connectivity index (χ4v) is 1.82. The number of amides is 2. The predicted molar refractivity (Wildman–Crippen MR) is 67.2 cm³/mol. The number of likely N-dealkylation sites (N-methyl/N-ethyl adjacent to an activating group) is 1. The molecule has 1 aromatic rings. The lowest BCUT2D eigenvalue weighted by atomic mass is 10.3. The van der Waals surface area contributed by atoms with Crippen molar-refractivity contribution in [2.24, 2.45) is 5.73 Å². The van der Waals surface area contributed by atoms with Crippen LogP contribution in [0, 0.1) is 0 Å². The maximum absolute atomic E-state index is 10.7. The van der Waals surface area contributed by atoms with Crippen LogP contribution >= 0.6 is 0 Å². The second kappa shape index (κ2) is 5.01. The zero-order chi connectivity index (χ0) is 12.3. The smallest absolute Gasteiger partial charge is 0.316 e. The van der Waals surface area contributed by atoms with Crippen molar-refractivity contribution in [3.8, 4) is 0 Å². The van der Waals surface area contributed by atoms with Gasteiger partial charge in [0.2, 0.25) is 0 Å². The van der Waals surface area contributed by atoms with E-state index in [0.717, 1.165) is 32.0 Å². The molecule has 0 aromatic carbocycles. The normalized spacial score (nSPS) is 16.9. The average Bonchev–Trinajstić information content (AvgIpc) is 2.30. The summed E-state index contributed by atoms with van der Waals surface area (Å²) in [7, 11) is 2.12. The molecule has 0 unspecified atom stereocenters. The molecular formula is C11H17N5O. The number of nitrogens with two attached hydrogens (primary N) is 1. The zero-order valence-electron chi connectivity index (χ0n) is 9.89. The number of pyridine rings is 1. The number of rotatable bonds is 2. The summed E-state index contributed by atoms with van der Waals surface area (Å²) in [6, 6.07) is 3.14. The van der Waals surface area contributed by atoms with Gasteiger partial charge in [0.1, 0.15) is 5.82 Å². The van der Waals surface area contributed by atoms with Gasteiger partial charge in [0, 0.05) is 26.2 Å². The summed E-state index contributed by atoms with van der Waals surface area (Å²) in [5.74, 6) is 0.938. The zero-order valence-corrected chi connectivity index (χ0v) is 9.89. The fourth-order valence-electron chi connectivity index (χ4n) is 1.82. The Hall–Kier alpha value is -1.82. The van der Waals surface area contributed by atoms with E-state index in [1.54, 1.807) is 6.20 Å². The molecule has 1 aliphatic rings. The second-order valence-electron chi connectivity index (χ2n) is 4.18.